The molecule has 0 aliphatic heterocycles. The van der Waals surface area contributed by atoms with Crippen LogP contribution in [0.1, 0.15) is 33.8 Å². The minimum Gasteiger partial charge on any atom is -0.478 e. The van der Waals surface area contributed by atoms with Crippen molar-refractivity contribution in [2.75, 3.05) is 18.8 Å². The number of aromatic carboxylic acids is 1. The molecular formula is C25H22Cl2N2O2S. The predicted octanol–water partition coefficient (Wildman–Crippen LogP) is 6.76. The number of nitrogens with zero attached hydrogens (tertiary/aromatic N) is 1. The lowest BCUT2D eigenvalue weighted by Gasteiger charge is -2.17. The SMILES string of the molecule is C=CCC(CNCCSc1c(C#N)cc2ccccc2c1C(=O)O)c1ccc(Cl)c(Cl)c1. The standard InChI is InChI=1S/C25H22Cl2N2O2S/c1-2-5-18(16-8-9-21(26)22(27)13-16)15-29-10-11-32-24-19(14-28)12-17-6-3-4-7-20(17)23(24)25(30)31/h2-4,6-9,12-13,18,29H,1,5,10-11,15H2,(H,30,31). The van der Waals surface area contributed by atoms with E-state index >= 15 is 0 Å². The quantitative estimate of drug-likeness (QED) is 0.189. The Balaban J connectivity index is 1.69. The van der Waals surface area contributed by atoms with E-state index in [0.29, 0.717) is 44.7 Å². The molecular weight excluding hydrogens is 463 g/mol. The van der Waals surface area contributed by atoms with Crippen LogP contribution in [0.4, 0.5) is 0 Å². The second kappa shape index (κ2) is 11.4. The number of carboxylic acid groups (broad SMARTS) is 1. The smallest absolute Gasteiger partial charge is 0.337 e. The molecule has 0 bridgehead atoms. The van der Waals surface area contributed by atoms with Crippen molar-refractivity contribution in [1.29, 1.82) is 5.26 Å². The summed E-state index contributed by atoms with van der Waals surface area (Å²) >= 11 is 13.6. The number of hydrogen-bond donors (Lipinski definition) is 2. The van der Waals surface area contributed by atoms with E-state index < -0.39 is 5.97 Å². The zero-order valence-electron chi connectivity index (χ0n) is 17.3. The number of benzene rings is 3. The van der Waals surface area contributed by atoms with Crippen molar-refractivity contribution < 1.29 is 9.90 Å². The summed E-state index contributed by atoms with van der Waals surface area (Å²) in [7, 11) is 0. The summed E-state index contributed by atoms with van der Waals surface area (Å²) in [5, 5.41) is 25.3. The highest BCUT2D eigenvalue weighted by Crippen LogP contribution is 2.33. The average molecular weight is 485 g/mol. The van der Waals surface area contributed by atoms with Gasteiger partial charge in [-0.25, -0.2) is 4.79 Å². The minimum atomic E-state index is -1.03. The van der Waals surface area contributed by atoms with Gasteiger partial charge in [-0.15, -0.1) is 18.3 Å². The number of fused-ring (bicyclic) bond motifs is 1. The van der Waals surface area contributed by atoms with Crippen LogP contribution < -0.4 is 5.32 Å². The monoisotopic (exact) mass is 484 g/mol. The van der Waals surface area contributed by atoms with Gasteiger partial charge in [-0.2, -0.15) is 5.26 Å². The topological polar surface area (TPSA) is 73.1 Å². The number of halogens is 2. The zero-order chi connectivity index (χ0) is 23.1. The van der Waals surface area contributed by atoms with Crippen LogP contribution in [-0.4, -0.2) is 29.9 Å². The molecule has 0 amide bonds. The molecule has 0 saturated carbocycles. The lowest BCUT2D eigenvalue weighted by atomic mass is 9.95. The van der Waals surface area contributed by atoms with Crippen molar-refractivity contribution in [3.8, 4) is 6.07 Å². The predicted molar refractivity (Wildman–Crippen MR) is 133 cm³/mol. The third-order valence-electron chi connectivity index (χ3n) is 5.12. The van der Waals surface area contributed by atoms with E-state index in [2.05, 4.69) is 18.0 Å². The van der Waals surface area contributed by atoms with Crippen LogP contribution in [0.2, 0.25) is 10.0 Å². The number of carboxylic acids is 1. The van der Waals surface area contributed by atoms with Crippen molar-refractivity contribution >= 4 is 51.7 Å². The fourth-order valence-electron chi connectivity index (χ4n) is 3.58. The van der Waals surface area contributed by atoms with Crippen molar-refractivity contribution in [3.63, 3.8) is 0 Å². The van der Waals surface area contributed by atoms with Crippen molar-refractivity contribution in [1.82, 2.24) is 5.32 Å². The number of nitriles is 1. The second-order valence-corrected chi connectivity index (χ2v) is 9.13. The van der Waals surface area contributed by atoms with E-state index in [9.17, 15) is 15.2 Å². The van der Waals surface area contributed by atoms with Gasteiger partial charge in [0, 0.05) is 23.7 Å². The Hall–Kier alpha value is -2.49. The number of thioether (sulfide) groups is 1. The first-order valence-corrected chi connectivity index (χ1v) is 11.8. The molecule has 0 fully saturated rings. The van der Waals surface area contributed by atoms with Gasteiger partial charge in [0.2, 0.25) is 0 Å². The Morgan fingerprint density at radius 2 is 2.00 bits per heavy atom. The number of rotatable bonds is 10. The summed E-state index contributed by atoms with van der Waals surface area (Å²) in [6.45, 7) is 5.20. The fraction of sp³-hybridized carbons (Fsp3) is 0.200. The largest absolute Gasteiger partial charge is 0.478 e. The van der Waals surface area contributed by atoms with E-state index in [4.69, 9.17) is 23.2 Å². The first kappa shape index (κ1) is 24.2. The highest BCUT2D eigenvalue weighted by molar-refractivity contribution is 7.99. The van der Waals surface area contributed by atoms with Gasteiger partial charge < -0.3 is 10.4 Å². The summed E-state index contributed by atoms with van der Waals surface area (Å²) in [6.07, 6.45) is 2.65. The molecule has 1 atom stereocenters. The van der Waals surface area contributed by atoms with Crippen LogP contribution in [0.25, 0.3) is 10.8 Å². The molecule has 3 aromatic carbocycles. The molecule has 0 aromatic heterocycles. The summed E-state index contributed by atoms with van der Waals surface area (Å²) in [5.41, 5.74) is 1.64. The molecule has 3 rings (SSSR count). The third-order valence-corrected chi connectivity index (χ3v) is 6.98. The molecule has 3 aromatic rings. The maximum absolute atomic E-state index is 12.0. The van der Waals surface area contributed by atoms with Gasteiger partial charge in [0.05, 0.1) is 21.2 Å². The Morgan fingerprint density at radius 3 is 2.69 bits per heavy atom. The van der Waals surface area contributed by atoms with Gasteiger partial charge in [-0.1, -0.05) is 59.6 Å². The molecule has 32 heavy (non-hydrogen) atoms. The zero-order valence-corrected chi connectivity index (χ0v) is 19.6. The van der Waals surface area contributed by atoms with Gasteiger partial charge in [-0.3, -0.25) is 0 Å². The summed E-state index contributed by atoms with van der Waals surface area (Å²) in [5.74, 6) is -0.216. The second-order valence-electron chi connectivity index (χ2n) is 7.21. The molecule has 2 N–H and O–H groups in total. The van der Waals surface area contributed by atoms with E-state index in [0.717, 1.165) is 17.4 Å². The van der Waals surface area contributed by atoms with E-state index in [-0.39, 0.29) is 11.5 Å². The average Bonchev–Trinajstić information content (AvgIpc) is 2.79. The van der Waals surface area contributed by atoms with Crippen LogP contribution in [0.15, 0.2) is 66.1 Å². The van der Waals surface area contributed by atoms with E-state index in [1.165, 1.54) is 11.8 Å². The van der Waals surface area contributed by atoms with Crippen LogP contribution in [0, 0.1) is 11.3 Å². The summed E-state index contributed by atoms with van der Waals surface area (Å²) in [4.78, 5) is 12.5. The Bertz CT molecular complexity index is 1190. The number of nitrogens with one attached hydrogen (secondary N) is 1. The molecule has 164 valence electrons. The minimum absolute atomic E-state index is 0.185. The maximum atomic E-state index is 12.0. The van der Waals surface area contributed by atoms with Gasteiger partial charge in [-0.05, 0) is 46.9 Å². The van der Waals surface area contributed by atoms with Gasteiger partial charge in [0.15, 0.2) is 0 Å². The molecule has 7 heteroatoms. The summed E-state index contributed by atoms with van der Waals surface area (Å²) in [6, 6.07) is 16.8. The van der Waals surface area contributed by atoms with Crippen LogP contribution >= 0.6 is 35.0 Å². The third kappa shape index (κ3) is 5.65. The Morgan fingerprint density at radius 1 is 1.22 bits per heavy atom. The summed E-state index contributed by atoms with van der Waals surface area (Å²) < 4.78 is 0. The van der Waals surface area contributed by atoms with Crippen LogP contribution in [-0.2, 0) is 0 Å². The van der Waals surface area contributed by atoms with Crippen LogP contribution in [0.5, 0.6) is 0 Å². The molecule has 0 saturated heterocycles. The Labute approximate surface area is 201 Å². The van der Waals surface area contributed by atoms with E-state index in [1.54, 1.807) is 24.3 Å². The highest BCUT2D eigenvalue weighted by atomic mass is 35.5. The number of carbonyl (C=O) groups is 1. The normalized spacial score (nSPS) is 11.8. The molecule has 0 aliphatic rings. The molecule has 0 spiro atoms. The maximum Gasteiger partial charge on any atom is 0.337 e. The lowest BCUT2D eigenvalue weighted by molar-refractivity contribution is 0.0695. The van der Waals surface area contributed by atoms with Crippen molar-refractivity contribution in [2.24, 2.45) is 0 Å². The molecule has 0 radical (unpaired) electrons. The first-order valence-electron chi connectivity index (χ1n) is 10.0. The number of allylic oxidation sites excluding steroid dienone is 1. The van der Waals surface area contributed by atoms with Gasteiger partial charge in [0.25, 0.3) is 0 Å². The number of hydrogen-bond acceptors (Lipinski definition) is 4. The van der Waals surface area contributed by atoms with Crippen molar-refractivity contribution in [2.45, 2.75) is 17.2 Å². The fourth-order valence-corrected chi connectivity index (χ4v) is 4.94. The van der Waals surface area contributed by atoms with Crippen molar-refractivity contribution in [3.05, 3.63) is 87.9 Å². The van der Waals surface area contributed by atoms with Crippen LogP contribution in [0.3, 0.4) is 0 Å². The molecule has 1 unspecified atom stereocenters. The van der Waals surface area contributed by atoms with Gasteiger partial charge in [0.1, 0.15) is 6.07 Å². The highest BCUT2D eigenvalue weighted by Gasteiger charge is 2.19. The first-order chi connectivity index (χ1) is 15.5. The van der Waals surface area contributed by atoms with Gasteiger partial charge >= 0.3 is 5.97 Å². The lowest BCUT2D eigenvalue weighted by Crippen LogP contribution is -2.24. The Kier molecular flexibility index (Phi) is 8.60. The molecule has 4 nitrogen and oxygen atoms in total. The van der Waals surface area contributed by atoms with E-state index in [1.807, 2.05) is 30.3 Å². The molecule has 0 heterocycles. The molecule has 0 aliphatic carbocycles.